The van der Waals surface area contributed by atoms with Gasteiger partial charge < -0.3 is 10.6 Å². The van der Waals surface area contributed by atoms with E-state index in [4.69, 9.17) is 10.6 Å². The molecule has 0 atom stereocenters. The van der Waals surface area contributed by atoms with Gasteiger partial charge in [0, 0.05) is 30.4 Å². The number of aromatic nitrogens is 2. The van der Waals surface area contributed by atoms with Crippen LogP contribution < -0.4 is 5.73 Å². The predicted octanol–water partition coefficient (Wildman–Crippen LogP) is 1.29. The summed E-state index contributed by atoms with van der Waals surface area (Å²) in [5.74, 6) is -0.755. The van der Waals surface area contributed by atoms with Crippen molar-refractivity contribution in [3.63, 3.8) is 0 Å². The van der Waals surface area contributed by atoms with Crippen LogP contribution in [0.2, 0.25) is 0 Å². The third-order valence-electron chi connectivity index (χ3n) is 2.83. The molecule has 0 saturated carbocycles. The van der Waals surface area contributed by atoms with Crippen LogP contribution >= 0.6 is 0 Å². The number of nitrogens with two attached hydrogens (primary N) is 1. The van der Waals surface area contributed by atoms with E-state index in [1.54, 1.807) is 0 Å². The van der Waals surface area contributed by atoms with Gasteiger partial charge in [0.1, 0.15) is 5.69 Å². The summed E-state index contributed by atoms with van der Waals surface area (Å²) < 4.78 is 1.46. The van der Waals surface area contributed by atoms with Crippen LogP contribution in [0.1, 0.15) is 23.0 Å². The second-order valence-electron chi connectivity index (χ2n) is 4.19. The SMILES string of the molecule is CCn1nccc1C(=O)O/N=C(\N)c1ccc([N+](=O)[O-])cc1. The monoisotopic (exact) mass is 303 g/mol. The lowest BCUT2D eigenvalue weighted by molar-refractivity contribution is -0.384. The van der Waals surface area contributed by atoms with Crippen LogP contribution in [0.5, 0.6) is 0 Å². The molecule has 0 fully saturated rings. The maximum atomic E-state index is 11.8. The number of non-ortho nitro benzene ring substituents is 1. The highest BCUT2D eigenvalue weighted by Gasteiger charge is 2.13. The highest BCUT2D eigenvalue weighted by atomic mass is 16.7. The van der Waals surface area contributed by atoms with Crippen LogP contribution in [0.4, 0.5) is 5.69 Å². The first-order chi connectivity index (χ1) is 10.5. The largest absolute Gasteiger partial charge is 0.383 e. The molecule has 2 rings (SSSR count). The molecule has 0 spiro atoms. The lowest BCUT2D eigenvalue weighted by Crippen LogP contribution is -2.16. The van der Waals surface area contributed by atoms with Crippen molar-refractivity contribution in [3.8, 4) is 0 Å². The summed E-state index contributed by atoms with van der Waals surface area (Å²) >= 11 is 0. The number of carbonyl (C=O) groups excluding carboxylic acids is 1. The molecule has 0 aliphatic rings. The molecule has 1 heterocycles. The van der Waals surface area contributed by atoms with Gasteiger partial charge in [-0.25, -0.2) is 4.79 Å². The van der Waals surface area contributed by atoms with E-state index in [9.17, 15) is 14.9 Å². The van der Waals surface area contributed by atoms with Crippen molar-refractivity contribution in [2.45, 2.75) is 13.5 Å². The molecule has 0 unspecified atom stereocenters. The third kappa shape index (κ3) is 3.26. The van der Waals surface area contributed by atoms with E-state index in [-0.39, 0.29) is 17.2 Å². The molecule has 0 amide bonds. The molecule has 0 saturated heterocycles. The van der Waals surface area contributed by atoms with E-state index in [0.717, 1.165) is 0 Å². The predicted molar refractivity (Wildman–Crippen MR) is 77.1 cm³/mol. The summed E-state index contributed by atoms with van der Waals surface area (Å²) in [6.07, 6.45) is 1.48. The van der Waals surface area contributed by atoms with Gasteiger partial charge >= 0.3 is 5.97 Å². The first-order valence-corrected chi connectivity index (χ1v) is 6.34. The number of carbonyl (C=O) groups is 1. The molecule has 1 aromatic heterocycles. The molecular formula is C13H13N5O4. The number of nitro benzene ring substituents is 1. The standard InChI is InChI=1S/C13H13N5O4/c1-2-17-11(7-8-15-17)13(19)22-16-12(14)9-3-5-10(6-4-9)18(20)21/h3-8H,2H2,1H3,(H2,14,16). The average Bonchev–Trinajstić information content (AvgIpc) is 3.01. The Bertz CT molecular complexity index is 720. The van der Waals surface area contributed by atoms with E-state index < -0.39 is 10.9 Å². The molecule has 0 bridgehead atoms. The van der Waals surface area contributed by atoms with Gasteiger partial charge in [-0.1, -0.05) is 5.16 Å². The zero-order chi connectivity index (χ0) is 16.1. The second kappa shape index (κ2) is 6.48. The number of benzene rings is 1. The molecule has 114 valence electrons. The third-order valence-corrected chi connectivity index (χ3v) is 2.83. The van der Waals surface area contributed by atoms with E-state index >= 15 is 0 Å². The molecule has 1 aromatic carbocycles. The zero-order valence-electron chi connectivity index (χ0n) is 11.7. The molecule has 9 nitrogen and oxygen atoms in total. The number of nitrogens with zero attached hydrogens (tertiary/aromatic N) is 4. The minimum Gasteiger partial charge on any atom is -0.380 e. The van der Waals surface area contributed by atoms with Crippen LogP contribution in [-0.4, -0.2) is 26.5 Å². The average molecular weight is 303 g/mol. The fourth-order valence-electron chi connectivity index (χ4n) is 1.70. The normalized spacial score (nSPS) is 11.2. The Labute approximate surface area is 125 Å². The smallest absolute Gasteiger partial charge is 0.380 e. The van der Waals surface area contributed by atoms with Crippen molar-refractivity contribution in [2.75, 3.05) is 0 Å². The van der Waals surface area contributed by atoms with E-state index in [1.165, 1.54) is 41.2 Å². The topological polar surface area (TPSA) is 126 Å². The molecule has 0 aliphatic carbocycles. The van der Waals surface area contributed by atoms with Crippen LogP contribution in [0.25, 0.3) is 0 Å². The van der Waals surface area contributed by atoms with Crippen LogP contribution in [0.3, 0.4) is 0 Å². The van der Waals surface area contributed by atoms with Crippen molar-refractivity contribution in [1.29, 1.82) is 0 Å². The molecule has 2 aromatic rings. The summed E-state index contributed by atoms with van der Waals surface area (Å²) in [6.45, 7) is 2.34. The van der Waals surface area contributed by atoms with Gasteiger partial charge in [-0.05, 0) is 25.1 Å². The second-order valence-corrected chi connectivity index (χ2v) is 4.19. The lowest BCUT2D eigenvalue weighted by Gasteiger charge is -2.03. The Morgan fingerprint density at radius 3 is 2.68 bits per heavy atom. The number of hydrogen-bond donors (Lipinski definition) is 1. The van der Waals surface area contributed by atoms with E-state index in [0.29, 0.717) is 12.1 Å². The molecule has 22 heavy (non-hydrogen) atoms. The Kier molecular flexibility index (Phi) is 4.47. The van der Waals surface area contributed by atoms with Gasteiger partial charge in [0.05, 0.1) is 4.92 Å². The quantitative estimate of drug-likeness (QED) is 0.291. The van der Waals surface area contributed by atoms with Gasteiger partial charge in [-0.2, -0.15) is 5.10 Å². The van der Waals surface area contributed by atoms with Crippen LogP contribution in [0.15, 0.2) is 41.7 Å². The first kappa shape index (κ1) is 15.2. The number of oxime groups is 1. The summed E-state index contributed by atoms with van der Waals surface area (Å²) in [5.41, 5.74) is 6.26. The summed E-state index contributed by atoms with van der Waals surface area (Å²) in [7, 11) is 0. The maximum Gasteiger partial charge on any atom is 0.383 e. The number of rotatable bonds is 5. The van der Waals surface area contributed by atoms with Crippen molar-refractivity contribution in [1.82, 2.24) is 9.78 Å². The Morgan fingerprint density at radius 1 is 1.41 bits per heavy atom. The Morgan fingerprint density at radius 2 is 2.09 bits per heavy atom. The number of nitro groups is 1. The minimum absolute atomic E-state index is 0.0641. The number of aryl methyl sites for hydroxylation is 1. The summed E-state index contributed by atoms with van der Waals surface area (Å²) in [4.78, 5) is 26.6. The van der Waals surface area contributed by atoms with Crippen molar-refractivity contribution < 1.29 is 14.6 Å². The minimum atomic E-state index is -0.691. The van der Waals surface area contributed by atoms with Gasteiger partial charge in [-0.3, -0.25) is 14.8 Å². The molecule has 0 radical (unpaired) electrons. The van der Waals surface area contributed by atoms with Gasteiger partial charge in [0.25, 0.3) is 5.69 Å². The van der Waals surface area contributed by atoms with Crippen molar-refractivity contribution in [2.24, 2.45) is 10.9 Å². The highest BCUT2D eigenvalue weighted by Crippen LogP contribution is 2.12. The maximum absolute atomic E-state index is 11.8. The Balaban J connectivity index is 2.09. The van der Waals surface area contributed by atoms with Crippen molar-refractivity contribution >= 4 is 17.5 Å². The molecule has 9 heteroatoms. The van der Waals surface area contributed by atoms with Gasteiger partial charge in [0.2, 0.25) is 0 Å². The van der Waals surface area contributed by atoms with Crippen molar-refractivity contribution in [3.05, 3.63) is 57.9 Å². The fourth-order valence-corrected chi connectivity index (χ4v) is 1.70. The van der Waals surface area contributed by atoms with E-state index in [2.05, 4.69) is 10.3 Å². The van der Waals surface area contributed by atoms with Gasteiger partial charge in [0.15, 0.2) is 5.84 Å². The summed E-state index contributed by atoms with van der Waals surface area (Å²) in [6, 6.07) is 6.91. The highest BCUT2D eigenvalue weighted by molar-refractivity contribution is 5.98. The first-order valence-electron chi connectivity index (χ1n) is 6.34. The number of amidine groups is 1. The zero-order valence-corrected chi connectivity index (χ0v) is 11.7. The Hall–Kier alpha value is -3.23. The molecular weight excluding hydrogens is 290 g/mol. The number of hydrogen-bond acceptors (Lipinski definition) is 6. The summed E-state index contributed by atoms with van der Waals surface area (Å²) in [5, 5.41) is 18.0. The molecule has 2 N–H and O–H groups in total. The lowest BCUT2D eigenvalue weighted by atomic mass is 10.2. The van der Waals surface area contributed by atoms with Crippen LogP contribution in [-0.2, 0) is 11.4 Å². The van der Waals surface area contributed by atoms with Crippen LogP contribution in [0, 0.1) is 10.1 Å². The fraction of sp³-hybridized carbons (Fsp3) is 0.154. The van der Waals surface area contributed by atoms with E-state index in [1.807, 2.05) is 6.92 Å². The van der Waals surface area contributed by atoms with Gasteiger partial charge in [-0.15, -0.1) is 0 Å². The molecule has 0 aliphatic heterocycles.